The molecule has 142 valence electrons. The minimum Gasteiger partial charge on any atom is -0.469 e. The molecule has 0 aliphatic rings. The monoisotopic (exact) mass is 413 g/mol. The van der Waals surface area contributed by atoms with Crippen molar-refractivity contribution in [1.82, 2.24) is 25.0 Å². The van der Waals surface area contributed by atoms with Gasteiger partial charge in [0.05, 0.1) is 17.6 Å². The minimum atomic E-state index is 0.453. The van der Waals surface area contributed by atoms with Gasteiger partial charge in [-0.3, -0.25) is 4.57 Å². The number of halogens is 1. The van der Waals surface area contributed by atoms with Gasteiger partial charge in [-0.25, -0.2) is 0 Å². The summed E-state index contributed by atoms with van der Waals surface area (Å²) < 4.78 is 13.1. The molecular weight excluding hydrogens is 398 g/mol. The standard InChI is InChI=1S/C19H16ClN5O2S/c1-3-9-25-17(15-8-10-26-12(15)2)22-24-19(25)28-11-16-21-23-18(27-16)13-4-6-14(20)7-5-13/h3-8,10H,1,9,11H2,2H3. The van der Waals surface area contributed by atoms with Crippen molar-refractivity contribution in [3.63, 3.8) is 0 Å². The molecule has 1 aromatic carbocycles. The quantitative estimate of drug-likeness (QED) is 0.310. The van der Waals surface area contributed by atoms with Crippen molar-refractivity contribution in [3.8, 4) is 22.8 Å². The number of thioether (sulfide) groups is 1. The average Bonchev–Trinajstić information content (AvgIpc) is 3.41. The lowest BCUT2D eigenvalue weighted by Crippen LogP contribution is -2.00. The molecule has 0 radical (unpaired) electrons. The third-order valence-electron chi connectivity index (χ3n) is 4.01. The Morgan fingerprint density at radius 1 is 1.14 bits per heavy atom. The van der Waals surface area contributed by atoms with Gasteiger partial charge in [-0.15, -0.1) is 27.0 Å². The lowest BCUT2D eigenvalue weighted by molar-refractivity contribution is 0.528. The molecule has 0 saturated heterocycles. The number of allylic oxidation sites excluding steroid dienone is 1. The first-order valence-corrected chi connectivity index (χ1v) is 9.81. The van der Waals surface area contributed by atoms with Crippen LogP contribution in [0.4, 0.5) is 0 Å². The number of hydrogen-bond acceptors (Lipinski definition) is 7. The van der Waals surface area contributed by atoms with Crippen LogP contribution in [0, 0.1) is 6.92 Å². The zero-order valence-electron chi connectivity index (χ0n) is 15.0. The van der Waals surface area contributed by atoms with Gasteiger partial charge >= 0.3 is 0 Å². The van der Waals surface area contributed by atoms with Crippen LogP contribution in [-0.2, 0) is 12.3 Å². The van der Waals surface area contributed by atoms with Gasteiger partial charge in [0.1, 0.15) is 5.76 Å². The topological polar surface area (TPSA) is 82.8 Å². The third-order valence-corrected chi connectivity index (χ3v) is 5.21. The molecule has 4 aromatic rings. The van der Waals surface area contributed by atoms with Crippen LogP contribution < -0.4 is 0 Å². The highest BCUT2D eigenvalue weighted by molar-refractivity contribution is 7.98. The first-order chi connectivity index (χ1) is 13.7. The van der Waals surface area contributed by atoms with E-state index in [1.807, 2.05) is 29.7 Å². The predicted octanol–water partition coefficient (Wildman–Crippen LogP) is 5.03. The van der Waals surface area contributed by atoms with Crippen LogP contribution >= 0.6 is 23.4 Å². The summed E-state index contributed by atoms with van der Waals surface area (Å²) in [5, 5.41) is 18.2. The van der Waals surface area contributed by atoms with Gasteiger partial charge < -0.3 is 8.83 Å². The van der Waals surface area contributed by atoms with Crippen LogP contribution in [0.15, 0.2) is 63.2 Å². The summed E-state index contributed by atoms with van der Waals surface area (Å²) in [7, 11) is 0. The Labute approximate surface area is 170 Å². The molecular formula is C19H16ClN5O2S. The first-order valence-electron chi connectivity index (χ1n) is 8.45. The molecule has 0 saturated carbocycles. The van der Waals surface area contributed by atoms with Crippen molar-refractivity contribution in [3.05, 3.63) is 65.9 Å². The molecule has 28 heavy (non-hydrogen) atoms. The van der Waals surface area contributed by atoms with Crippen LogP contribution in [0.2, 0.25) is 5.02 Å². The van der Waals surface area contributed by atoms with Crippen molar-refractivity contribution in [1.29, 1.82) is 0 Å². The van der Waals surface area contributed by atoms with Crippen LogP contribution in [0.1, 0.15) is 11.7 Å². The molecule has 0 amide bonds. The van der Waals surface area contributed by atoms with E-state index in [2.05, 4.69) is 27.0 Å². The fourth-order valence-electron chi connectivity index (χ4n) is 2.65. The highest BCUT2D eigenvalue weighted by Crippen LogP contribution is 2.29. The van der Waals surface area contributed by atoms with E-state index in [9.17, 15) is 0 Å². The Morgan fingerprint density at radius 2 is 1.96 bits per heavy atom. The molecule has 3 heterocycles. The highest BCUT2D eigenvalue weighted by Gasteiger charge is 2.18. The maximum Gasteiger partial charge on any atom is 0.247 e. The Balaban J connectivity index is 1.52. The van der Waals surface area contributed by atoms with E-state index >= 15 is 0 Å². The fraction of sp³-hybridized carbons (Fsp3) is 0.158. The summed E-state index contributed by atoms with van der Waals surface area (Å²) in [5.74, 6) is 2.96. The van der Waals surface area contributed by atoms with Gasteiger partial charge in [0.2, 0.25) is 11.8 Å². The molecule has 0 aliphatic carbocycles. The Kier molecular flexibility index (Phi) is 5.31. The van der Waals surface area contributed by atoms with Gasteiger partial charge in [0.15, 0.2) is 11.0 Å². The predicted molar refractivity (Wildman–Crippen MR) is 107 cm³/mol. The van der Waals surface area contributed by atoms with Crippen molar-refractivity contribution in [2.75, 3.05) is 0 Å². The first kappa shape index (κ1) is 18.5. The lowest BCUT2D eigenvalue weighted by atomic mass is 10.2. The number of aromatic nitrogens is 5. The SMILES string of the molecule is C=CCn1c(SCc2nnc(-c3ccc(Cl)cc3)o2)nnc1-c1ccoc1C. The largest absolute Gasteiger partial charge is 0.469 e. The van der Waals surface area contributed by atoms with E-state index in [4.69, 9.17) is 20.4 Å². The van der Waals surface area contributed by atoms with E-state index in [0.717, 1.165) is 27.9 Å². The molecule has 0 N–H and O–H groups in total. The van der Waals surface area contributed by atoms with E-state index in [0.29, 0.717) is 29.1 Å². The smallest absolute Gasteiger partial charge is 0.247 e. The summed E-state index contributed by atoms with van der Waals surface area (Å²) in [6.07, 6.45) is 3.44. The van der Waals surface area contributed by atoms with Crippen molar-refractivity contribution < 1.29 is 8.83 Å². The Bertz CT molecular complexity index is 1100. The number of aryl methyl sites for hydroxylation is 1. The van der Waals surface area contributed by atoms with E-state index in [1.165, 1.54) is 11.8 Å². The molecule has 9 heteroatoms. The minimum absolute atomic E-state index is 0.453. The van der Waals surface area contributed by atoms with E-state index in [-0.39, 0.29) is 0 Å². The van der Waals surface area contributed by atoms with E-state index < -0.39 is 0 Å². The van der Waals surface area contributed by atoms with Crippen LogP contribution in [0.3, 0.4) is 0 Å². The van der Waals surface area contributed by atoms with Crippen molar-refractivity contribution in [2.24, 2.45) is 0 Å². The number of rotatable bonds is 7. The van der Waals surface area contributed by atoms with Gasteiger partial charge in [-0.1, -0.05) is 29.4 Å². The van der Waals surface area contributed by atoms with Gasteiger partial charge in [0, 0.05) is 17.1 Å². The maximum atomic E-state index is 5.91. The van der Waals surface area contributed by atoms with Crippen LogP contribution in [0.5, 0.6) is 0 Å². The number of benzene rings is 1. The van der Waals surface area contributed by atoms with Crippen molar-refractivity contribution >= 4 is 23.4 Å². The zero-order chi connectivity index (χ0) is 19.5. The normalized spacial score (nSPS) is 11.1. The molecule has 0 atom stereocenters. The molecule has 0 bridgehead atoms. The number of furan rings is 1. The third kappa shape index (κ3) is 3.74. The fourth-order valence-corrected chi connectivity index (χ4v) is 3.56. The second-order valence-electron chi connectivity index (χ2n) is 5.89. The molecule has 0 aliphatic heterocycles. The zero-order valence-corrected chi connectivity index (χ0v) is 16.6. The second kappa shape index (κ2) is 8.04. The molecule has 0 unspecified atom stereocenters. The van der Waals surface area contributed by atoms with Gasteiger partial charge in [-0.2, -0.15) is 0 Å². The Morgan fingerprint density at radius 3 is 2.68 bits per heavy atom. The average molecular weight is 414 g/mol. The summed E-state index contributed by atoms with van der Waals surface area (Å²) in [6, 6.07) is 9.13. The summed E-state index contributed by atoms with van der Waals surface area (Å²) in [6.45, 7) is 6.30. The molecule has 0 spiro atoms. The maximum absolute atomic E-state index is 5.91. The number of hydrogen-bond donors (Lipinski definition) is 0. The summed E-state index contributed by atoms with van der Waals surface area (Å²) in [5.41, 5.74) is 1.73. The Hall–Kier alpha value is -2.84. The molecule has 3 aromatic heterocycles. The van der Waals surface area contributed by atoms with Gasteiger partial charge in [0.25, 0.3) is 0 Å². The summed E-state index contributed by atoms with van der Waals surface area (Å²) in [4.78, 5) is 0. The van der Waals surface area contributed by atoms with E-state index in [1.54, 1.807) is 24.5 Å². The van der Waals surface area contributed by atoms with Gasteiger partial charge in [-0.05, 0) is 37.3 Å². The molecule has 0 fully saturated rings. The molecule has 7 nitrogen and oxygen atoms in total. The summed E-state index contributed by atoms with van der Waals surface area (Å²) >= 11 is 7.38. The lowest BCUT2D eigenvalue weighted by Gasteiger charge is -2.06. The second-order valence-corrected chi connectivity index (χ2v) is 7.27. The van der Waals surface area contributed by atoms with Crippen LogP contribution in [0.25, 0.3) is 22.8 Å². The molecule has 4 rings (SSSR count). The van der Waals surface area contributed by atoms with Crippen molar-refractivity contribution in [2.45, 2.75) is 24.4 Å². The van der Waals surface area contributed by atoms with Crippen LogP contribution in [-0.4, -0.2) is 25.0 Å². The number of nitrogens with zero attached hydrogens (tertiary/aromatic N) is 5. The highest BCUT2D eigenvalue weighted by atomic mass is 35.5.